The number of anilines is 1. The fraction of sp³-hybridized carbons (Fsp3) is 0.500. The lowest BCUT2D eigenvalue weighted by Gasteiger charge is -2.31. The van der Waals surface area contributed by atoms with E-state index >= 15 is 0 Å². The minimum Gasteiger partial charge on any atom is -0.493 e. The monoisotopic (exact) mass is 261 g/mol. The predicted octanol–water partition coefficient (Wildman–Crippen LogP) is 1.58. The van der Waals surface area contributed by atoms with E-state index in [0.717, 1.165) is 50.4 Å². The summed E-state index contributed by atoms with van der Waals surface area (Å²) >= 11 is 0. The minimum atomic E-state index is -0.312. The number of rotatable bonds is 2. The lowest BCUT2D eigenvalue weighted by molar-refractivity contribution is 0.193. The third-order valence-electron chi connectivity index (χ3n) is 3.87. The average molecular weight is 261 g/mol. The first-order chi connectivity index (χ1) is 9.22. The molecule has 2 aliphatic rings. The van der Waals surface area contributed by atoms with Gasteiger partial charge in [0.2, 0.25) is 0 Å². The van der Waals surface area contributed by atoms with Crippen LogP contribution in [-0.4, -0.2) is 36.7 Å². The van der Waals surface area contributed by atoms with Crippen LogP contribution in [-0.2, 0) is 6.42 Å². The van der Waals surface area contributed by atoms with Crippen molar-refractivity contribution in [3.8, 4) is 5.75 Å². The van der Waals surface area contributed by atoms with Gasteiger partial charge in [-0.05, 0) is 36.6 Å². The topological polar surface area (TPSA) is 67.6 Å². The van der Waals surface area contributed by atoms with Gasteiger partial charge in [0.15, 0.2) is 0 Å². The maximum absolute atomic E-state index is 11.1. The maximum atomic E-state index is 11.1. The van der Waals surface area contributed by atoms with E-state index in [9.17, 15) is 4.79 Å². The number of nitrogens with one attached hydrogen (secondary N) is 1. The lowest BCUT2D eigenvalue weighted by Crippen LogP contribution is -2.44. The van der Waals surface area contributed by atoms with Crippen LogP contribution in [0.5, 0.6) is 5.75 Å². The summed E-state index contributed by atoms with van der Waals surface area (Å²) in [5.74, 6) is 1.01. The molecule has 0 unspecified atom stereocenters. The Labute approximate surface area is 112 Å². The van der Waals surface area contributed by atoms with Gasteiger partial charge >= 0.3 is 6.03 Å². The van der Waals surface area contributed by atoms with Crippen LogP contribution in [0.2, 0.25) is 0 Å². The molecule has 2 heterocycles. The number of likely N-dealkylation sites (tertiary alicyclic amines) is 1. The molecule has 3 rings (SSSR count). The molecule has 1 fully saturated rings. The lowest BCUT2D eigenvalue weighted by atomic mass is 10.0. The van der Waals surface area contributed by atoms with Gasteiger partial charge in [-0.15, -0.1) is 0 Å². The quantitative estimate of drug-likeness (QED) is 0.849. The molecule has 1 aromatic carbocycles. The molecule has 0 radical (unpaired) electrons. The van der Waals surface area contributed by atoms with Gasteiger partial charge in [-0.3, -0.25) is 0 Å². The zero-order valence-electron chi connectivity index (χ0n) is 10.9. The van der Waals surface area contributed by atoms with Crippen LogP contribution in [0, 0.1) is 0 Å². The molecule has 1 saturated heterocycles. The number of nitrogens with two attached hydrogens (primary N) is 1. The van der Waals surface area contributed by atoms with Gasteiger partial charge in [0.1, 0.15) is 5.75 Å². The van der Waals surface area contributed by atoms with E-state index in [1.54, 1.807) is 4.90 Å². The molecule has 0 spiro atoms. The molecule has 5 nitrogen and oxygen atoms in total. The number of primary amides is 1. The number of nitrogens with zero attached hydrogens (tertiary/aromatic N) is 1. The van der Waals surface area contributed by atoms with Gasteiger partial charge in [-0.1, -0.05) is 0 Å². The van der Waals surface area contributed by atoms with E-state index in [4.69, 9.17) is 10.5 Å². The molecule has 0 atom stereocenters. The van der Waals surface area contributed by atoms with E-state index in [-0.39, 0.29) is 6.03 Å². The number of benzene rings is 1. The Morgan fingerprint density at radius 1 is 1.37 bits per heavy atom. The Bertz CT molecular complexity index is 482. The Hall–Kier alpha value is -1.91. The van der Waals surface area contributed by atoms with Gasteiger partial charge in [0.05, 0.1) is 6.61 Å². The second-order valence-electron chi connectivity index (χ2n) is 5.16. The molecule has 2 aliphatic heterocycles. The first kappa shape index (κ1) is 12.1. The van der Waals surface area contributed by atoms with Gasteiger partial charge in [-0.2, -0.15) is 0 Å². The van der Waals surface area contributed by atoms with Crippen molar-refractivity contribution in [2.24, 2.45) is 5.73 Å². The third-order valence-corrected chi connectivity index (χ3v) is 3.87. The standard InChI is InChI=1S/C14H19N3O2/c15-14(18)17-6-3-11(4-7-17)16-12-1-2-13-10(9-12)5-8-19-13/h1-2,9,11,16H,3-8H2,(H2,15,18). The zero-order chi connectivity index (χ0) is 13.2. The van der Waals surface area contributed by atoms with E-state index < -0.39 is 0 Å². The summed E-state index contributed by atoms with van der Waals surface area (Å²) in [6.45, 7) is 2.26. The second kappa shape index (κ2) is 4.99. The molecule has 1 aromatic rings. The Morgan fingerprint density at radius 2 is 2.16 bits per heavy atom. The number of hydrogen-bond acceptors (Lipinski definition) is 3. The highest BCUT2D eigenvalue weighted by Crippen LogP contribution is 2.28. The summed E-state index contributed by atoms with van der Waals surface area (Å²) < 4.78 is 5.50. The van der Waals surface area contributed by atoms with Crippen molar-refractivity contribution in [2.45, 2.75) is 25.3 Å². The second-order valence-corrected chi connectivity index (χ2v) is 5.16. The average Bonchev–Trinajstić information content (AvgIpc) is 2.87. The van der Waals surface area contributed by atoms with Crippen LogP contribution < -0.4 is 15.8 Å². The predicted molar refractivity (Wildman–Crippen MR) is 73.4 cm³/mol. The molecule has 0 aromatic heterocycles. The largest absolute Gasteiger partial charge is 0.493 e. The number of urea groups is 1. The zero-order valence-corrected chi connectivity index (χ0v) is 10.9. The SMILES string of the molecule is NC(=O)N1CCC(Nc2ccc3c(c2)CCO3)CC1. The first-order valence-electron chi connectivity index (χ1n) is 6.79. The third kappa shape index (κ3) is 2.59. The molecular weight excluding hydrogens is 242 g/mol. The van der Waals surface area contributed by atoms with E-state index in [1.807, 2.05) is 6.07 Å². The molecule has 2 amide bonds. The van der Waals surface area contributed by atoms with Crippen molar-refractivity contribution in [1.29, 1.82) is 0 Å². The number of ether oxygens (including phenoxy) is 1. The maximum Gasteiger partial charge on any atom is 0.314 e. The Balaban J connectivity index is 1.59. The molecule has 5 heteroatoms. The summed E-state index contributed by atoms with van der Waals surface area (Å²) in [6, 6.07) is 6.36. The van der Waals surface area contributed by atoms with Crippen molar-refractivity contribution in [2.75, 3.05) is 25.0 Å². The smallest absolute Gasteiger partial charge is 0.314 e. The number of hydrogen-bond donors (Lipinski definition) is 2. The fourth-order valence-electron chi connectivity index (χ4n) is 2.76. The van der Waals surface area contributed by atoms with Crippen molar-refractivity contribution in [3.63, 3.8) is 0 Å². The molecule has 0 bridgehead atoms. The van der Waals surface area contributed by atoms with Crippen molar-refractivity contribution >= 4 is 11.7 Å². The van der Waals surface area contributed by atoms with Crippen molar-refractivity contribution in [1.82, 2.24) is 4.90 Å². The van der Waals surface area contributed by atoms with Crippen molar-refractivity contribution in [3.05, 3.63) is 23.8 Å². The highest BCUT2D eigenvalue weighted by molar-refractivity contribution is 5.72. The molecule has 3 N–H and O–H groups in total. The highest BCUT2D eigenvalue weighted by atomic mass is 16.5. The number of amides is 2. The summed E-state index contributed by atoms with van der Waals surface area (Å²) in [5, 5.41) is 3.54. The Kier molecular flexibility index (Phi) is 3.19. The number of fused-ring (bicyclic) bond motifs is 1. The molecule has 0 saturated carbocycles. The number of carbonyl (C=O) groups is 1. The molecule has 0 aliphatic carbocycles. The van der Waals surface area contributed by atoms with Crippen molar-refractivity contribution < 1.29 is 9.53 Å². The molecular formula is C14H19N3O2. The molecule has 102 valence electrons. The van der Waals surface area contributed by atoms with Crippen LogP contribution in [0.1, 0.15) is 18.4 Å². The van der Waals surface area contributed by atoms with Crippen LogP contribution in [0.3, 0.4) is 0 Å². The highest BCUT2D eigenvalue weighted by Gasteiger charge is 2.21. The van der Waals surface area contributed by atoms with Crippen LogP contribution in [0.4, 0.5) is 10.5 Å². The van der Waals surface area contributed by atoms with Crippen LogP contribution in [0.15, 0.2) is 18.2 Å². The van der Waals surface area contributed by atoms with Gasteiger partial charge < -0.3 is 20.7 Å². The summed E-state index contributed by atoms with van der Waals surface area (Å²) in [5.41, 5.74) is 7.70. The van der Waals surface area contributed by atoms with Gasteiger partial charge in [0, 0.05) is 31.2 Å². The van der Waals surface area contributed by atoms with Crippen LogP contribution in [0.25, 0.3) is 0 Å². The minimum absolute atomic E-state index is 0.312. The van der Waals surface area contributed by atoms with Gasteiger partial charge in [0.25, 0.3) is 0 Å². The van der Waals surface area contributed by atoms with E-state index in [1.165, 1.54) is 5.56 Å². The normalized spacial score (nSPS) is 18.8. The summed E-state index contributed by atoms with van der Waals surface area (Å²) in [6.07, 6.45) is 2.87. The first-order valence-corrected chi connectivity index (χ1v) is 6.79. The fourth-order valence-corrected chi connectivity index (χ4v) is 2.76. The van der Waals surface area contributed by atoms with E-state index in [0.29, 0.717) is 6.04 Å². The van der Waals surface area contributed by atoms with Crippen LogP contribution >= 0.6 is 0 Å². The summed E-state index contributed by atoms with van der Waals surface area (Å²) in [7, 11) is 0. The Morgan fingerprint density at radius 3 is 2.89 bits per heavy atom. The van der Waals surface area contributed by atoms with E-state index in [2.05, 4.69) is 17.4 Å². The molecule has 19 heavy (non-hydrogen) atoms. The number of piperidine rings is 1. The summed E-state index contributed by atoms with van der Waals surface area (Å²) in [4.78, 5) is 12.8. The van der Waals surface area contributed by atoms with Gasteiger partial charge in [-0.25, -0.2) is 4.79 Å². The number of carbonyl (C=O) groups excluding carboxylic acids is 1.